The number of hydrogen-bond acceptors (Lipinski definition) is 1. The van der Waals surface area contributed by atoms with Gasteiger partial charge in [-0.2, -0.15) is 0 Å². The molecule has 1 rings (SSSR count). The van der Waals surface area contributed by atoms with Gasteiger partial charge >= 0.3 is 17.1 Å². The Labute approximate surface area is 118 Å². The summed E-state index contributed by atoms with van der Waals surface area (Å²) in [6.07, 6.45) is 0. The molecule has 0 spiro atoms. The number of hydrogen-bond donors (Lipinski definition) is 1. The Bertz CT molecular complexity index is 150. The van der Waals surface area contributed by atoms with Crippen molar-refractivity contribution in [2.75, 3.05) is 0 Å². The van der Waals surface area contributed by atoms with E-state index in [4.69, 9.17) is 79.3 Å². The average Bonchev–Trinajstić information content (AvgIpc) is 2.22. The summed E-state index contributed by atoms with van der Waals surface area (Å²) in [6.45, 7) is 0. The minimum absolute atomic E-state index is 0.250. The second-order valence-electron chi connectivity index (χ2n) is 2.77. The molecule has 1 N–H and O–H groups in total. The van der Waals surface area contributed by atoms with Crippen LogP contribution in [0.5, 0.6) is 0 Å². The summed E-state index contributed by atoms with van der Waals surface area (Å²) in [6, 6.07) is 0. The third kappa shape index (κ3) is 4.29. The zero-order valence-electron chi connectivity index (χ0n) is 7.16. The zero-order valence-corrected chi connectivity index (χ0v) is 11.7. The van der Waals surface area contributed by atoms with Gasteiger partial charge in [0.2, 0.25) is 0 Å². The maximum atomic E-state index is 8.36. The van der Waals surface area contributed by atoms with Crippen molar-refractivity contribution in [2.24, 2.45) is 0 Å². The summed E-state index contributed by atoms with van der Waals surface area (Å²) in [5.74, 6) is 0. The predicted octanol–water partition coefficient (Wildman–Crippen LogP) is 2.59. The van der Waals surface area contributed by atoms with Gasteiger partial charge in [-0.3, -0.25) is 0 Å². The third-order valence-electron chi connectivity index (χ3n) is 1.83. The van der Waals surface area contributed by atoms with Crippen LogP contribution in [0.1, 0.15) is 0 Å². The van der Waals surface area contributed by atoms with Gasteiger partial charge in [-0.1, -0.05) is 0 Å². The predicted molar refractivity (Wildman–Crippen MR) is 66.5 cm³/mol. The normalized spacial score (nSPS) is 44.9. The summed E-state index contributed by atoms with van der Waals surface area (Å²) < 4.78 is 8.36. The van der Waals surface area contributed by atoms with Crippen LogP contribution in [-0.2, 0) is 4.70 Å². The Morgan fingerprint density at radius 3 is 0.800 bits per heavy atom. The molecule has 0 unspecified atom stereocenters. The zero-order chi connectivity index (χ0) is 12.2. The SMILES string of the molecule is Cl[C@H]1[C@H](Cl)[C@@H](Cl)[C@@H](Cl)[C@H](Cl)[C@H]1Cl.O=BO. The average molecular weight is 335 g/mol. The molecule has 15 heavy (non-hydrogen) atoms. The molecule has 1 aliphatic rings. The van der Waals surface area contributed by atoms with E-state index < -0.39 is 32.3 Å². The van der Waals surface area contributed by atoms with Gasteiger partial charge in [0.15, 0.2) is 0 Å². The molecular formula is C6H7BCl6O2. The van der Waals surface area contributed by atoms with Gasteiger partial charge in [0.05, 0.1) is 32.3 Å². The standard InChI is InChI=1S/C6H6Cl6.BHO2/c7-1-2(8)4(10)6(12)5(11)3(1)9;2-1-3/h1-6H;2H/t1-,2-,3-,4+,5+,6+;. The molecule has 2 nitrogen and oxygen atoms in total. The summed E-state index contributed by atoms with van der Waals surface area (Å²) in [4.78, 5) is 0. The quantitative estimate of drug-likeness (QED) is 0.546. The first-order valence-corrected chi connectivity index (χ1v) is 6.42. The molecule has 1 aliphatic carbocycles. The molecular weight excluding hydrogens is 328 g/mol. The maximum absolute atomic E-state index is 8.36. The number of halogens is 6. The van der Waals surface area contributed by atoms with E-state index in [2.05, 4.69) is 0 Å². The van der Waals surface area contributed by atoms with Gasteiger partial charge in [0, 0.05) is 0 Å². The second-order valence-corrected chi connectivity index (χ2v) is 5.80. The molecule has 0 heterocycles. The third-order valence-corrected chi connectivity index (χ3v) is 5.86. The molecule has 88 valence electrons. The monoisotopic (exact) mass is 332 g/mol. The van der Waals surface area contributed by atoms with Gasteiger partial charge in [-0.05, 0) is 0 Å². The van der Waals surface area contributed by atoms with Crippen LogP contribution in [0.25, 0.3) is 0 Å². The van der Waals surface area contributed by atoms with E-state index in [0.717, 1.165) is 0 Å². The topological polar surface area (TPSA) is 37.3 Å². The van der Waals surface area contributed by atoms with Crippen molar-refractivity contribution >= 4 is 77.0 Å². The van der Waals surface area contributed by atoms with Crippen molar-refractivity contribution in [3.05, 3.63) is 0 Å². The molecule has 0 aromatic rings. The molecule has 0 aromatic heterocycles. The molecule has 0 saturated heterocycles. The summed E-state index contributed by atoms with van der Waals surface area (Å²) in [7, 11) is -0.250. The molecule has 0 aliphatic heterocycles. The molecule has 0 radical (unpaired) electrons. The van der Waals surface area contributed by atoms with E-state index in [0.29, 0.717) is 0 Å². The van der Waals surface area contributed by atoms with Crippen LogP contribution >= 0.6 is 69.6 Å². The van der Waals surface area contributed by atoms with Crippen LogP contribution in [0, 0.1) is 0 Å². The van der Waals surface area contributed by atoms with Crippen LogP contribution in [-0.4, -0.2) is 44.6 Å². The Morgan fingerprint density at radius 1 is 0.667 bits per heavy atom. The Hall–Kier alpha value is 1.40. The Balaban J connectivity index is 0.000000583. The fraction of sp³-hybridized carbons (Fsp3) is 1.00. The molecule has 9 heteroatoms. The van der Waals surface area contributed by atoms with Gasteiger partial charge in [0.25, 0.3) is 0 Å². The number of alkyl halides is 6. The summed E-state index contributed by atoms with van der Waals surface area (Å²) in [5.41, 5.74) is 0. The molecule has 0 atom stereocenters. The van der Waals surface area contributed by atoms with Crippen molar-refractivity contribution in [1.29, 1.82) is 0 Å². The second kappa shape index (κ2) is 7.68. The van der Waals surface area contributed by atoms with Crippen LogP contribution in [0.4, 0.5) is 0 Å². The first-order chi connectivity index (χ1) is 6.88. The fourth-order valence-electron chi connectivity index (χ4n) is 1.05. The Kier molecular flexibility index (Phi) is 8.40. The van der Waals surface area contributed by atoms with E-state index in [-0.39, 0.29) is 7.35 Å². The van der Waals surface area contributed by atoms with Crippen molar-refractivity contribution in [2.45, 2.75) is 32.3 Å². The summed E-state index contributed by atoms with van der Waals surface area (Å²) in [5, 5.41) is 4.27. The fourth-order valence-corrected chi connectivity index (χ4v) is 3.38. The van der Waals surface area contributed by atoms with E-state index in [1.54, 1.807) is 0 Å². The van der Waals surface area contributed by atoms with E-state index in [1.165, 1.54) is 0 Å². The molecule has 1 fully saturated rings. The van der Waals surface area contributed by atoms with Gasteiger partial charge in [-0.15, -0.1) is 69.6 Å². The molecule has 0 bridgehead atoms. The van der Waals surface area contributed by atoms with Gasteiger partial charge < -0.3 is 0 Å². The van der Waals surface area contributed by atoms with E-state index >= 15 is 0 Å². The summed E-state index contributed by atoms with van der Waals surface area (Å²) >= 11 is 35.3. The van der Waals surface area contributed by atoms with Gasteiger partial charge in [0.1, 0.15) is 0 Å². The van der Waals surface area contributed by atoms with Crippen molar-refractivity contribution in [1.82, 2.24) is 0 Å². The number of rotatable bonds is 0. The van der Waals surface area contributed by atoms with Crippen LogP contribution in [0.15, 0.2) is 0 Å². The van der Waals surface area contributed by atoms with Crippen molar-refractivity contribution < 1.29 is 9.73 Å². The van der Waals surface area contributed by atoms with E-state index in [9.17, 15) is 0 Å². The molecule has 1 saturated carbocycles. The van der Waals surface area contributed by atoms with Crippen LogP contribution < -0.4 is 0 Å². The van der Waals surface area contributed by atoms with Crippen molar-refractivity contribution in [3.8, 4) is 0 Å². The first kappa shape index (κ1) is 16.4. The Morgan fingerprint density at radius 2 is 0.733 bits per heavy atom. The van der Waals surface area contributed by atoms with Gasteiger partial charge in [-0.25, -0.2) is 0 Å². The van der Waals surface area contributed by atoms with Crippen LogP contribution in [0.3, 0.4) is 0 Å². The van der Waals surface area contributed by atoms with Crippen LogP contribution in [0.2, 0.25) is 0 Å². The first-order valence-electron chi connectivity index (χ1n) is 3.80. The van der Waals surface area contributed by atoms with Crippen molar-refractivity contribution in [3.63, 3.8) is 0 Å². The van der Waals surface area contributed by atoms with E-state index in [1.807, 2.05) is 0 Å². The minimum atomic E-state index is -0.437. The molecule has 0 amide bonds. The molecule has 0 aromatic carbocycles.